The Morgan fingerprint density at radius 2 is 1.68 bits per heavy atom. The summed E-state index contributed by atoms with van der Waals surface area (Å²) in [5, 5.41) is 17.1. The predicted molar refractivity (Wildman–Crippen MR) is 153 cm³/mol. The normalized spacial score (nSPS) is 10.8. The van der Waals surface area contributed by atoms with Gasteiger partial charge in [-0.25, -0.2) is 4.79 Å². The molecule has 1 amide bonds. The predicted octanol–water partition coefficient (Wildman–Crippen LogP) is 5.37. The van der Waals surface area contributed by atoms with Crippen LogP contribution in [0.3, 0.4) is 0 Å². The Balaban J connectivity index is 1.35. The summed E-state index contributed by atoms with van der Waals surface area (Å²) < 4.78 is 7.09. The molecule has 2 N–H and O–H groups in total. The van der Waals surface area contributed by atoms with Gasteiger partial charge in [0.1, 0.15) is 5.75 Å². The topological polar surface area (TPSA) is 115 Å². The van der Waals surface area contributed by atoms with E-state index in [2.05, 4.69) is 32.9 Å². The maximum absolute atomic E-state index is 13.5. The molecule has 9 nitrogen and oxygen atoms in total. The molecule has 202 valence electrons. The van der Waals surface area contributed by atoms with Crippen LogP contribution in [-0.4, -0.2) is 31.3 Å². The number of carbonyl (C=O) groups is 1. The zero-order chi connectivity index (χ0) is 27.7. The first-order valence-electron chi connectivity index (χ1n) is 13.3. The fourth-order valence-electron chi connectivity index (χ4n) is 4.52. The molecule has 0 bridgehead atoms. The number of aryl methyl sites for hydroxylation is 1. The Morgan fingerprint density at radius 1 is 0.925 bits per heavy atom. The fourth-order valence-corrected chi connectivity index (χ4v) is 4.52. The molecular formula is C31H30N6O3. The lowest BCUT2D eigenvalue weighted by Gasteiger charge is -2.16. The highest BCUT2D eigenvalue weighted by atomic mass is 16.6. The number of benzene rings is 3. The minimum Gasteiger partial charge on any atom is -0.410 e. The zero-order valence-electron chi connectivity index (χ0n) is 22.2. The van der Waals surface area contributed by atoms with E-state index >= 15 is 0 Å². The number of ether oxygens (including phenoxy) is 1. The van der Waals surface area contributed by atoms with Crippen molar-refractivity contribution >= 4 is 6.09 Å². The number of aromatic amines is 1. The van der Waals surface area contributed by atoms with Gasteiger partial charge in [-0.2, -0.15) is 5.21 Å². The van der Waals surface area contributed by atoms with E-state index in [0.29, 0.717) is 23.7 Å². The smallest absolute Gasteiger partial charge is 0.410 e. The van der Waals surface area contributed by atoms with Gasteiger partial charge in [-0.05, 0) is 59.0 Å². The maximum Gasteiger partial charge on any atom is 0.412 e. The number of hydrogen-bond acceptors (Lipinski definition) is 6. The summed E-state index contributed by atoms with van der Waals surface area (Å²) in [6, 6.07) is 28.6. The Labute approximate surface area is 231 Å². The molecule has 0 aliphatic heterocycles. The van der Waals surface area contributed by atoms with Gasteiger partial charge in [-0.1, -0.05) is 80.1 Å². The third-order valence-corrected chi connectivity index (χ3v) is 6.63. The van der Waals surface area contributed by atoms with Gasteiger partial charge in [0.25, 0.3) is 5.56 Å². The second-order valence-electron chi connectivity index (χ2n) is 9.38. The Bertz CT molecular complexity index is 1610. The highest BCUT2D eigenvalue weighted by molar-refractivity contribution is 5.80. The number of amides is 1. The lowest BCUT2D eigenvalue weighted by atomic mass is 9.98. The van der Waals surface area contributed by atoms with Crippen LogP contribution in [0.5, 0.6) is 5.75 Å². The van der Waals surface area contributed by atoms with Crippen molar-refractivity contribution in [1.29, 1.82) is 0 Å². The zero-order valence-corrected chi connectivity index (χ0v) is 22.2. The minimum absolute atomic E-state index is 0.0738. The summed E-state index contributed by atoms with van der Waals surface area (Å²) in [5.74, 6) is 0.973. The number of H-pyrrole nitrogens is 1. The molecule has 0 aliphatic rings. The van der Waals surface area contributed by atoms with E-state index in [4.69, 9.17) is 4.74 Å². The molecular weight excluding hydrogens is 504 g/mol. The molecule has 3 aromatic carbocycles. The van der Waals surface area contributed by atoms with E-state index in [1.54, 1.807) is 34.9 Å². The van der Waals surface area contributed by atoms with Crippen molar-refractivity contribution in [3.05, 3.63) is 118 Å². The van der Waals surface area contributed by atoms with Crippen molar-refractivity contribution in [1.82, 2.24) is 30.5 Å². The van der Waals surface area contributed by atoms with Crippen molar-refractivity contribution in [3.8, 4) is 28.3 Å². The number of unbranched alkanes of at least 4 members (excludes halogenated alkanes) is 1. The third-order valence-electron chi connectivity index (χ3n) is 6.63. The van der Waals surface area contributed by atoms with Crippen molar-refractivity contribution < 1.29 is 9.53 Å². The highest BCUT2D eigenvalue weighted by Crippen LogP contribution is 2.29. The van der Waals surface area contributed by atoms with E-state index in [1.165, 1.54) is 0 Å². The van der Waals surface area contributed by atoms with Gasteiger partial charge in [0, 0.05) is 16.8 Å². The third kappa shape index (κ3) is 6.32. The van der Waals surface area contributed by atoms with Crippen LogP contribution in [0.15, 0.2) is 95.8 Å². The van der Waals surface area contributed by atoms with E-state index in [-0.39, 0.29) is 12.1 Å². The first kappa shape index (κ1) is 26.6. The molecule has 0 atom stereocenters. The van der Waals surface area contributed by atoms with Gasteiger partial charge >= 0.3 is 6.09 Å². The second-order valence-corrected chi connectivity index (χ2v) is 9.38. The summed E-state index contributed by atoms with van der Waals surface area (Å²) in [4.78, 5) is 25.8. The SMILES string of the molecule is CCCCc1ccc(CNC(=O)Oc2ccccc2)c(=O)n1Cc1ccc(-c2ccccc2-c2nn[nH]n2)cc1. The van der Waals surface area contributed by atoms with Gasteiger partial charge in [-0.15, -0.1) is 10.2 Å². The monoisotopic (exact) mass is 534 g/mol. The van der Waals surface area contributed by atoms with Crippen LogP contribution in [-0.2, 0) is 19.5 Å². The molecule has 5 rings (SSSR count). The van der Waals surface area contributed by atoms with Crippen LogP contribution in [0.25, 0.3) is 22.5 Å². The van der Waals surface area contributed by atoms with Crippen LogP contribution in [0.4, 0.5) is 4.79 Å². The summed E-state index contributed by atoms with van der Waals surface area (Å²) in [7, 11) is 0. The Morgan fingerprint density at radius 3 is 2.40 bits per heavy atom. The molecule has 5 aromatic rings. The highest BCUT2D eigenvalue weighted by Gasteiger charge is 2.13. The molecule has 2 heterocycles. The number of nitrogens with zero attached hydrogens (tertiary/aromatic N) is 4. The molecule has 0 radical (unpaired) electrons. The molecule has 0 saturated heterocycles. The van der Waals surface area contributed by atoms with Crippen LogP contribution in [0.1, 0.15) is 36.6 Å². The minimum atomic E-state index is -0.608. The van der Waals surface area contributed by atoms with Gasteiger partial charge in [0.2, 0.25) is 5.82 Å². The largest absolute Gasteiger partial charge is 0.412 e. The fraction of sp³-hybridized carbons (Fsp3) is 0.194. The van der Waals surface area contributed by atoms with E-state index < -0.39 is 6.09 Å². The average molecular weight is 535 g/mol. The maximum atomic E-state index is 13.5. The molecule has 0 spiro atoms. The van der Waals surface area contributed by atoms with E-state index in [0.717, 1.165) is 47.2 Å². The first-order valence-corrected chi connectivity index (χ1v) is 13.3. The lowest BCUT2D eigenvalue weighted by molar-refractivity contribution is 0.200. The van der Waals surface area contributed by atoms with Gasteiger partial charge in [0.15, 0.2) is 0 Å². The standard InChI is InChI=1S/C31H30N6O3/c1-2-3-9-25-19-18-24(20-32-31(39)40-26-10-5-4-6-11-26)30(38)37(25)21-22-14-16-23(17-15-22)27-12-7-8-13-28(27)29-33-35-36-34-29/h4-8,10-19H,2-3,9,20-21H2,1H3,(H,32,39)(H,33,34,35,36). The molecule has 0 saturated carbocycles. The number of hydrogen-bond donors (Lipinski definition) is 2. The van der Waals surface area contributed by atoms with Crippen LogP contribution >= 0.6 is 0 Å². The number of pyridine rings is 1. The van der Waals surface area contributed by atoms with Crippen molar-refractivity contribution in [3.63, 3.8) is 0 Å². The molecule has 40 heavy (non-hydrogen) atoms. The van der Waals surface area contributed by atoms with Gasteiger partial charge < -0.3 is 14.6 Å². The number of nitrogens with one attached hydrogen (secondary N) is 2. The first-order chi connectivity index (χ1) is 19.6. The van der Waals surface area contributed by atoms with E-state index in [9.17, 15) is 9.59 Å². The quantitative estimate of drug-likeness (QED) is 0.249. The lowest BCUT2D eigenvalue weighted by Crippen LogP contribution is -2.33. The molecule has 0 aliphatic carbocycles. The van der Waals surface area contributed by atoms with Gasteiger partial charge in [0.05, 0.1) is 13.1 Å². The molecule has 2 aromatic heterocycles. The number of tetrazole rings is 1. The number of aromatic nitrogens is 5. The summed E-state index contributed by atoms with van der Waals surface area (Å²) >= 11 is 0. The summed E-state index contributed by atoms with van der Waals surface area (Å²) in [5.41, 5.74) is 5.22. The van der Waals surface area contributed by atoms with Crippen molar-refractivity contribution in [2.75, 3.05) is 0 Å². The summed E-state index contributed by atoms with van der Waals surface area (Å²) in [6.07, 6.45) is 2.19. The molecule has 0 fully saturated rings. The average Bonchev–Trinajstić information content (AvgIpc) is 3.53. The van der Waals surface area contributed by atoms with Crippen molar-refractivity contribution in [2.24, 2.45) is 0 Å². The number of rotatable bonds is 10. The Kier molecular flexibility index (Phi) is 8.41. The number of carbonyl (C=O) groups excluding carboxylic acids is 1. The van der Waals surface area contributed by atoms with Crippen LogP contribution in [0, 0.1) is 0 Å². The molecule has 9 heteroatoms. The molecule has 0 unspecified atom stereocenters. The van der Waals surface area contributed by atoms with Gasteiger partial charge in [-0.3, -0.25) is 4.79 Å². The second kappa shape index (κ2) is 12.7. The summed E-state index contributed by atoms with van der Waals surface area (Å²) in [6.45, 7) is 2.63. The van der Waals surface area contributed by atoms with Crippen LogP contribution < -0.4 is 15.6 Å². The Hall–Kier alpha value is -5.05. The number of para-hydroxylation sites is 1. The van der Waals surface area contributed by atoms with Crippen LogP contribution in [0.2, 0.25) is 0 Å². The van der Waals surface area contributed by atoms with E-state index in [1.807, 2.05) is 60.7 Å². The van der Waals surface area contributed by atoms with Crippen molar-refractivity contribution in [2.45, 2.75) is 39.3 Å².